The third-order valence-electron chi connectivity index (χ3n) is 10.4. The quantitative estimate of drug-likeness (QED) is 0.147. The molecule has 0 aliphatic rings. The van der Waals surface area contributed by atoms with Crippen LogP contribution in [0.3, 0.4) is 0 Å². The fourth-order valence-electron chi connectivity index (χ4n) is 8.19. The molecule has 0 saturated carbocycles. The molecule has 0 atom stereocenters. The van der Waals surface area contributed by atoms with Crippen LogP contribution < -0.4 is 5.73 Å². The zero-order valence-electron chi connectivity index (χ0n) is 29.1. The Morgan fingerprint density at radius 2 is 0.673 bits per heavy atom. The predicted octanol–water partition coefficient (Wildman–Crippen LogP) is 13.7. The lowest BCUT2D eigenvalue weighted by atomic mass is 9.83. The minimum absolute atomic E-state index is 1.21. The Balaban J connectivity index is 0.00000177. The minimum atomic E-state index is 1.21. The molecule has 0 aliphatic carbocycles. The van der Waals surface area contributed by atoms with Gasteiger partial charge >= 0.3 is 0 Å². The van der Waals surface area contributed by atoms with Gasteiger partial charge in [-0.25, -0.2) is 0 Å². The summed E-state index contributed by atoms with van der Waals surface area (Å²) in [4.78, 5) is 0. The van der Waals surface area contributed by atoms with E-state index in [1.165, 1.54) is 105 Å². The van der Waals surface area contributed by atoms with E-state index >= 15 is 0 Å². The van der Waals surface area contributed by atoms with Crippen LogP contribution in [0.25, 0.3) is 98.4 Å². The Labute approximate surface area is 304 Å². The third kappa shape index (κ3) is 5.22. The van der Waals surface area contributed by atoms with Gasteiger partial charge in [0, 0.05) is 0 Å². The van der Waals surface area contributed by atoms with Crippen LogP contribution >= 0.6 is 0 Å². The van der Waals surface area contributed by atoms with Crippen molar-refractivity contribution in [1.29, 1.82) is 0 Å². The number of rotatable bonds is 4. The first-order valence-electron chi connectivity index (χ1n) is 17.9. The maximum atomic E-state index is 4.50. The van der Waals surface area contributed by atoms with Crippen LogP contribution in [-0.4, -0.2) is 7.05 Å². The molecule has 10 aromatic rings. The van der Waals surface area contributed by atoms with Crippen molar-refractivity contribution in [3.63, 3.8) is 0 Å². The fourth-order valence-corrected chi connectivity index (χ4v) is 8.19. The molecule has 1 nitrogen and oxygen atoms in total. The van der Waals surface area contributed by atoms with Crippen LogP contribution in [0.15, 0.2) is 194 Å². The average Bonchev–Trinajstić information content (AvgIpc) is 3.23. The van der Waals surface area contributed by atoms with Crippen LogP contribution in [0.4, 0.5) is 0 Å². The van der Waals surface area contributed by atoms with Gasteiger partial charge < -0.3 is 5.73 Å². The second-order valence-corrected chi connectivity index (χ2v) is 13.2. The van der Waals surface area contributed by atoms with E-state index in [1.54, 1.807) is 0 Å². The van der Waals surface area contributed by atoms with E-state index in [0.717, 1.165) is 0 Å². The molecule has 0 amide bonds. The highest BCUT2D eigenvalue weighted by Gasteiger charge is 2.19. The van der Waals surface area contributed by atoms with Gasteiger partial charge in [-0.15, -0.1) is 0 Å². The molecule has 0 heterocycles. The summed E-state index contributed by atoms with van der Waals surface area (Å²) in [5.74, 6) is 0. The van der Waals surface area contributed by atoms with Crippen molar-refractivity contribution >= 4 is 53.9 Å². The summed E-state index contributed by atoms with van der Waals surface area (Å²) in [5.41, 5.74) is 14.5. The summed E-state index contributed by atoms with van der Waals surface area (Å²) in [6.07, 6.45) is 0. The Morgan fingerprint density at radius 1 is 0.250 bits per heavy atom. The molecule has 2 N–H and O–H groups in total. The van der Waals surface area contributed by atoms with E-state index in [0.29, 0.717) is 0 Å². The smallest absolute Gasteiger partial charge is 0.00199 e. The molecule has 0 bridgehead atoms. The van der Waals surface area contributed by atoms with Crippen LogP contribution in [-0.2, 0) is 0 Å². The van der Waals surface area contributed by atoms with E-state index < -0.39 is 0 Å². The molecule has 0 fully saturated rings. The number of fused-ring (bicyclic) bond motifs is 6. The van der Waals surface area contributed by atoms with Gasteiger partial charge in [0.25, 0.3) is 0 Å². The maximum Gasteiger partial charge on any atom is -0.00199 e. The van der Waals surface area contributed by atoms with E-state index in [-0.39, 0.29) is 0 Å². The molecular formula is C51H37N. The average molecular weight is 664 g/mol. The number of hydrogen-bond donors (Lipinski definition) is 1. The summed E-state index contributed by atoms with van der Waals surface area (Å²) < 4.78 is 0. The molecule has 1 heteroatoms. The Hall–Kier alpha value is -6.54. The summed E-state index contributed by atoms with van der Waals surface area (Å²) >= 11 is 0. The monoisotopic (exact) mass is 663 g/mol. The second-order valence-electron chi connectivity index (χ2n) is 13.2. The zero-order chi connectivity index (χ0) is 35.0. The molecule has 0 radical (unpaired) electrons. The number of benzene rings is 10. The van der Waals surface area contributed by atoms with Gasteiger partial charge in [0.1, 0.15) is 0 Å². The SMILES string of the molecule is CN.c1cc(-c2cccc(-c3c4ccccc4c(-c4cc5ccccc5c5ccccc45)c4ccccc34)c2)cc(-c2cccc3ccccc23)c1. The van der Waals surface area contributed by atoms with Gasteiger partial charge in [0.05, 0.1) is 0 Å². The first kappa shape index (κ1) is 31.4. The van der Waals surface area contributed by atoms with Crippen molar-refractivity contribution in [1.82, 2.24) is 0 Å². The summed E-state index contributed by atoms with van der Waals surface area (Å²) in [5, 5.41) is 12.7. The van der Waals surface area contributed by atoms with Crippen molar-refractivity contribution in [2.24, 2.45) is 5.73 Å². The second kappa shape index (κ2) is 13.3. The highest BCUT2D eigenvalue weighted by molar-refractivity contribution is 6.25. The topological polar surface area (TPSA) is 26.0 Å². The molecule has 0 saturated heterocycles. The van der Waals surface area contributed by atoms with Gasteiger partial charge in [0.2, 0.25) is 0 Å². The van der Waals surface area contributed by atoms with E-state index in [1.807, 2.05) is 0 Å². The standard InChI is InChI=1S/C50H32.CH5N/c1-3-21-39-33(14-1)16-13-29-40(39)36-19-11-17-34(30-36)35-18-12-20-38(31-35)49-44-25-7-9-27-46(44)50(47-28-10-8-26-45(47)49)48-32-37-15-2-4-22-41(37)42-23-5-6-24-43(42)48;1-2/h1-32H;2H2,1H3. The number of hydrogen-bond acceptors (Lipinski definition) is 1. The van der Waals surface area contributed by atoms with Crippen LogP contribution in [0.2, 0.25) is 0 Å². The number of nitrogens with two attached hydrogens (primary N) is 1. The largest absolute Gasteiger partial charge is 0.333 e. The van der Waals surface area contributed by atoms with E-state index in [2.05, 4.69) is 200 Å². The zero-order valence-corrected chi connectivity index (χ0v) is 29.1. The first-order chi connectivity index (χ1) is 25.8. The van der Waals surface area contributed by atoms with Gasteiger partial charge in [-0.3, -0.25) is 0 Å². The molecule has 52 heavy (non-hydrogen) atoms. The van der Waals surface area contributed by atoms with Crippen molar-refractivity contribution in [3.05, 3.63) is 194 Å². The van der Waals surface area contributed by atoms with Crippen LogP contribution in [0.1, 0.15) is 0 Å². The molecule has 0 aromatic heterocycles. The molecule has 10 rings (SSSR count). The fraction of sp³-hybridized carbons (Fsp3) is 0.0196. The highest BCUT2D eigenvalue weighted by Crippen LogP contribution is 2.47. The lowest BCUT2D eigenvalue weighted by Crippen LogP contribution is -1.92. The minimum Gasteiger partial charge on any atom is -0.333 e. The summed E-state index contributed by atoms with van der Waals surface area (Å²) in [6, 6.07) is 71.3. The Morgan fingerprint density at radius 3 is 1.33 bits per heavy atom. The van der Waals surface area contributed by atoms with Crippen molar-refractivity contribution in [2.45, 2.75) is 0 Å². The van der Waals surface area contributed by atoms with E-state index in [9.17, 15) is 0 Å². The van der Waals surface area contributed by atoms with Crippen molar-refractivity contribution in [2.75, 3.05) is 7.05 Å². The van der Waals surface area contributed by atoms with Gasteiger partial charge in [-0.2, -0.15) is 0 Å². The Kier molecular flexibility index (Phi) is 8.04. The summed E-state index contributed by atoms with van der Waals surface area (Å²) in [6.45, 7) is 0. The molecule has 10 aromatic carbocycles. The highest BCUT2D eigenvalue weighted by atomic mass is 14.4. The van der Waals surface area contributed by atoms with Gasteiger partial charge in [0.15, 0.2) is 0 Å². The first-order valence-corrected chi connectivity index (χ1v) is 17.9. The maximum absolute atomic E-state index is 4.50. The Bertz CT molecular complexity index is 2870. The lowest BCUT2D eigenvalue weighted by Gasteiger charge is -2.20. The third-order valence-corrected chi connectivity index (χ3v) is 10.4. The van der Waals surface area contributed by atoms with Gasteiger partial charge in [-0.05, 0) is 124 Å². The predicted molar refractivity (Wildman–Crippen MR) is 226 cm³/mol. The van der Waals surface area contributed by atoms with E-state index in [4.69, 9.17) is 0 Å². The van der Waals surface area contributed by atoms with Crippen molar-refractivity contribution in [3.8, 4) is 44.5 Å². The molecule has 0 unspecified atom stereocenters. The molecule has 0 spiro atoms. The molecular weight excluding hydrogens is 627 g/mol. The van der Waals surface area contributed by atoms with Crippen LogP contribution in [0, 0.1) is 0 Å². The molecule has 0 aliphatic heterocycles. The lowest BCUT2D eigenvalue weighted by molar-refractivity contribution is 1.48. The molecule has 246 valence electrons. The normalized spacial score (nSPS) is 11.3. The van der Waals surface area contributed by atoms with Crippen molar-refractivity contribution < 1.29 is 0 Å². The van der Waals surface area contributed by atoms with Gasteiger partial charge in [-0.1, -0.05) is 176 Å². The summed E-state index contributed by atoms with van der Waals surface area (Å²) in [7, 11) is 1.50. The van der Waals surface area contributed by atoms with Crippen LogP contribution in [0.5, 0.6) is 0 Å².